The number of nitrogens with zero attached hydrogens (tertiary/aromatic N) is 5. The van der Waals surface area contributed by atoms with E-state index in [4.69, 9.17) is 0 Å². The maximum absolute atomic E-state index is 14.5. The molecule has 0 fully saturated rings. The number of nitrogens with one attached hydrogen (secondary N) is 1. The fraction of sp³-hybridized carbons (Fsp3) is 0.182. The molecule has 0 aliphatic carbocycles. The number of rotatable bonds is 3. The molecule has 3 amide bonds. The van der Waals surface area contributed by atoms with Crippen molar-refractivity contribution in [1.82, 2.24) is 9.97 Å². The number of benzene rings is 2. The smallest absolute Gasteiger partial charge is 0.324 e. The third-order valence-electron chi connectivity index (χ3n) is 5.52. The van der Waals surface area contributed by atoms with Gasteiger partial charge in [-0.25, -0.2) is 14.2 Å². The van der Waals surface area contributed by atoms with Crippen LogP contribution in [0.1, 0.15) is 5.56 Å². The number of hydrogen-bond donors (Lipinski definition) is 1. The van der Waals surface area contributed by atoms with Crippen molar-refractivity contribution >= 4 is 68.5 Å². The normalized spacial score (nSPS) is 15.5. The number of thioether (sulfide) groups is 1. The molecular weight excluding hydrogens is 511 g/mol. The third-order valence-corrected chi connectivity index (χ3v) is 7.18. The number of carbonyl (C=O) groups excluding carboxylic acids is 2. The fourth-order valence-corrected chi connectivity index (χ4v) is 5.37. The number of amides is 3. The van der Waals surface area contributed by atoms with Crippen LogP contribution in [-0.2, 0) is 11.3 Å². The highest BCUT2D eigenvalue weighted by atomic mass is 79.9. The van der Waals surface area contributed by atoms with Gasteiger partial charge in [0.25, 0.3) is 0 Å². The highest BCUT2D eigenvalue weighted by Gasteiger charge is 2.33. The number of urea groups is 1. The molecule has 3 heterocycles. The van der Waals surface area contributed by atoms with Gasteiger partial charge in [0.05, 0.1) is 23.7 Å². The molecule has 1 aromatic heterocycles. The number of para-hydroxylation sites is 1. The number of fused-ring (bicyclic) bond motifs is 2. The van der Waals surface area contributed by atoms with Crippen molar-refractivity contribution in [2.24, 2.45) is 0 Å². The number of aromatic nitrogens is 2. The first kappa shape index (κ1) is 21.7. The van der Waals surface area contributed by atoms with Crippen LogP contribution in [0.25, 0.3) is 0 Å². The maximum atomic E-state index is 14.5. The van der Waals surface area contributed by atoms with Crippen LogP contribution in [0, 0.1) is 5.82 Å². The summed E-state index contributed by atoms with van der Waals surface area (Å²) in [6.45, 7) is 0.147. The Morgan fingerprint density at radius 3 is 2.76 bits per heavy atom. The van der Waals surface area contributed by atoms with Gasteiger partial charge in [0.2, 0.25) is 11.9 Å². The molecule has 3 aromatic rings. The molecule has 2 aromatic carbocycles. The first-order valence-corrected chi connectivity index (χ1v) is 11.8. The molecule has 11 heteroatoms. The van der Waals surface area contributed by atoms with Crippen molar-refractivity contribution in [3.63, 3.8) is 0 Å². The maximum Gasteiger partial charge on any atom is 0.330 e. The van der Waals surface area contributed by atoms with Gasteiger partial charge in [-0.1, -0.05) is 6.07 Å². The molecule has 2 aliphatic heterocycles. The van der Waals surface area contributed by atoms with Crippen molar-refractivity contribution in [1.29, 1.82) is 0 Å². The Balaban J connectivity index is 1.42. The first-order chi connectivity index (χ1) is 15.8. The average Bonchev–Trinajstić information content (AvgIpc) is 2.80. The Bertz CT molecular complexity index is 1290. The van der Waals surface area contributed by atoms with E-state index in [1.54, 1.807) is 37.3 Å². The second kappa shape index (κ2) is 8.31. The monoisotopic (exact) mass is 528 g/mol. The average molecular weight is 529 g/mol. The SMILES string of the molecule is CN1C(=O)CSc2cc(Nc3ncc4c(n3)N(C)C(=O)N(c3c(F)cccc3Br)C4)ccc21. The summed E-state index contributed by atoms with van der Waals surface area (Å²) in [7, 11) is 3.36. The molecule has 0 atom stereocenters. The van der Waals surface area contributed by atoms with Crippen LogP contribution in [0.2, 0.25) is 0 Å². The summed E-state index contributed by atoms with van der Waals surface area (Å²) >= 11 is 4.82. The molecular formula is C22H18BrFN6O2S. The highest BCUT2D eigenvalue weighted by molar-refractivity contribution is 9.10. The second-order valence-corrected chi connectivity index (χ2v) is 9.46. The van der Waals surface area contributed by atoms with E-state index in [2.05, 4.69) is 31.2 Å². The van der Waals surface area contributed by atoms with E-state index in [1.807, 2.05) is 18.2 Å². The van der Waals surface area contributed by atoms with Crippen molar-refractivity contribution in [3.8, 4) is 0 Å². The number of anilines is 5. The Morgan fingerprint density at radius 2 is 1.97 bits per heavy atom. The number of carbonyl (C=O) groups is 2. The molecule has 5 rings (SSSR count). The van der Waals surface area contributed by atoms with Gasteiger partial charge in [-0.2, -0.15) is 4.98 Å². The molecule has 0 radical (unpaired) electrons. The van der Waals surface area contributed by atoms with Gasteiger partial charge >= 0.3 is 6.03 Å². The molecule has 0 saturated carbocycles. The second-order valence-electron chi connectivity index (χ2n) is 7.59. The largest absolute Gasteiger partial charge is 0.330 e. The highest BCUT2D eigenvalue weighted by Crippen LogP contribution is 2.38. The molecule has 8 nitrogen and oxygen atoms in total. The van der Waals surface area contributed by atoms with E-state index in [-0.39, 0.29) is 18.1 Å². The molecule has 0 unspecified atom stereocenters. The summed E-state index contributed by atoms with van der Waals surface area (Å²) in [5.41, 5.74) is 2.50. The quantitative estimate of drug-likeness (QED) is 0.527. The van der Waals surface area contributed by atoms with E-state index in [9.17, 15) is 14.0 Å². The van der Waals surface area contributed by atoms with Crippen LogP contribution in [-0.4, -0.2) is 41.8 Å². The Labute approximate surface area is 201 Å². The zero-order valence-electron chi connectivity index (χ0n) is 17.7. The molecule has 0 saturated heterocycles. The van der Waals surface area contributed by atoms with E-state index in [0.29, 0.717) is 27.6 Å². The van der Waals surface area contributed by atoms with Gasteiger partial charge in [-0.15, -0.1) is 11.8 Å². The van der Waals surface area contributed by atoms with Gasteiger partial charge < -0.3 is 10.2 Å². The van der Waals surface area contributed by atoms with Crippen molar-refractivity contribution < 1.29 is 14.0 Å². The predicted molar refractivity (Wildman–Crippen MR) is 130 cm³/mol. The van der Waals surface area contributed by atoms with Crippen LogP contribution in [0.15, 0.2) is 52.0 Å². The van der Waals surface area contributed by atoms with Crippen LogP contribution >= 0.6 is 27.7 Å². The van der Waals surface area contributed by atoms with Crippen LogP contribution in [0.5, 0.6) is 0 Å². The van der Waals surface area contributed by atoms with E-state index >= 15 is 0 Å². The topological polar surface area (TPSA) is 81.7 Å². The van der Waals surface area contributed by atoms with Crippen molar-refractivity contribution in [2.75, 3.05) is 39.9 Å². The predicted octanol–water partition coefficient (Wildman–Crippen LogP) is 4.77. The Kier molecular flexibility index (Phi) is 5.45. The molecule has 0 bridgehead atoms. The minimum atomic E-state index is -0.494. The van der Waals surface area contributed by atoms with E-state index in [0.717, 1.165) is 16.3 Å². The zero-order valence-corrected chi connectivity index (χ0v) is 20.1. The van der Waals surface area contributed by atoms with Gasteiger partial charge in [0, 0.05) is 40.9 Å². The minimum Gasteiger partial charge on any atom is -0.324 e. The Hall–Kier alpha value is -3.18. The van der Waals surface area contributed by atoms with E-state index < -0.39 is 11.8 Å². The summed E-state index contributed by atoms with van der Waals surface area (Å²) in [5.74, 6) is 0.754. The summed E-state index contributed by atoms with van der Waals surface area (Å²) in [6.07, 6.45) is 1.63. The van der Waals surface area contributed by atoms with E-state index in [1.165, 1.54) is 27.6 Å². The van der Waals surface area contributed by atoms with Crippen molar-refractivity contribution in [3.05, 3.63) is 58.4 Å². The zero-order chi connectivity index (χ0) is 23.3. The van der Waals surface area contributed by atoms with Gasteiger partial charge in [0.1, 0.15) is 11.6 Å². The number of hydrogen-bond acceptors (Lipinski definition) is 6. The van der Waals surface area contributed by atoms with Crippen LogP contribution < -0.4 is 20.0 Å². The molecule has 0 spiro atoms. The lowest BCUT2D eigenvalue weighted by atomic mass is 10.2. The molecule has 2 aliphatic rings. The van der Waals surface area contributed by atoms with Gasteiger partial charge in [-0.05, 0) is 46.3 Å². The lowest BCUT2D eigenvalue weighted by Crippen LogP contribution is -2.46. The molecule has 33 heavy (non-hydrogen) atoms. The third kappa shape index (κ3) is 3.80. The lowest BCUT2D eigenvalue weighted by molar-refractivity contribution is -0.116. The summed E-state index contributed by atoms with van der Waals surface area (Å²) in [5, 5.41) is 3.17. The lowest BCUT2D eigenvalue weighted by Gasteiger charge is -2.34. The summed E-state index contributed by atoms with van der Waals surface area (Å²) in [6, 6.07) is 9.86. The van der Waals surface area contributed by atoms with Crippen molar-refractivity contribution in [2.45, 2.75) is 11.4 Å². The fourth-order valence-electron chi connectivity index (χ4n) is 3.78. The van der Waals surface area contributed by atoms with Gasteiger partial charge in [0.15, 0.2) is 0 Å². The molecule has 168 valence electrons. The summed E-state index contributed by atoms with van der Waals surface area (Å²) in [4.78, 5) is 39.2. The first-order valence-electron chi connectivity index (χ1n) is 9.99. The Morgan fingerprint density at radius 1 is 1.15 bits per heavy atom. The minimum absolute atomic E-state index is 0.0652. The van der Waals surface area contributed by atoms with Crippen LogP contribution in [0.3, 0.4) is 0 Å². The number of halogens is 2. The van der Waals surface area contributed by atoms with Crippen LogP contribution in [0.4, 0.5) is 38.0 Å². The van der Waals surface area contributed by atoms with Gasteiger partial charge in [-0.3, -0.25) is 14.6 Å². The standard InChI is InChI=1S/C22H18BrFN6O2S/c1-28-16-7-6-13(8-17(16)33-11-18(28)31)26-21-25-9-12-10-30(22(32)29(2)20(12)27-21)19-14(23)4-3-5-15(19)24/h3-9H,10-11H2,1-2H3,(H,25,26,27). The summed E-state index contributed by atoms with van der Waals surface area (Å²) < 4.78 is 15.0. The molecule has 1 N–H and O–H groups in total.